The lowest BCUT2D eigenvalue weighted by Crippen LogP contribution is -2.40. The second-order valence-electron chi connectivity index (χ2n) is 9.10. The number of nitrogens with one attached hydrogen (secondary N) is 1. The van der Waals surface area contributed by atoms with Crippen molar-refractivity contribution >= 4 is 21.6 Å². The first kappa shape index (κ1) is 22.3. The van der Waals surface area contributed by atoms with Crippen LogP contribution in [0, 0.1) is 5.41 Å². The van der Waals surface area contributed by atoms with Crippen LogP contribution in [0.25, 0.3) is 0 Å². The van der Waals surface area contributed by atoms with Crippen molar-refractivity contribution in [3.8, 4) is 0 Å². The number of carbonyl (C=O) groups excluding carboxylic acids is 1. The normalized spacial score (nSPS) is 16.6. The molecule has 1 N–H and O–H groups in total. The highest BCUT2D eigenvalue weighted by atomic mass is 32.2. The van der Waals surface area contributed by atoms with E-state index in [-0.39, 0.29) is 22.3 Å². The average molecular weight is 430 g/mol. The summed E-state index contributed by atoms with van der Waals surface area (Å²) < 4.78 is 28.3. The zero-order valence-electron chi connectivity index (χ0n) is 18.3. The van der Waals surface area contributed by atoms with Crippen LogP contribution in [-0.4, -0.2) is 52.5 Å². The molecule has 2 aromatic carbocycles. The third-order valence-electron chi connectivity index (χ3n) is 5.27. The van der Waals surface area contributed by atoms with Gasteiger partial charge in [-0.25, -0.2) is 8.42 Å². The van der Waals surface area contributed by atoms with Gasteiger partial charge < -0.3 is 10.2 Å². The summed E-state index contributed by atoms with van der Waals surface area (Å²) in [7, 11) is 0.221. The van der Waals surface area contributed by atoms with Crippen LogP contribution in [0.1, 0.15) is 36.7 Å². The van der Waals surface area contributed by atoms with Gasteiger partial charge in [-0.15, -0.1) is 0 Å². The fraction of sp³-hybridized carbons (Fsp3) is 0.435. The van der Waals surface area contributed by atoms with E-state index in [0.29, 0.717) is 24.2 Å². The first-order chi connectivity index (χ1) is 14.0. The molecule has 1 unspecified atom stereocenters. The highest BCUT2D eigenvalue weighted by Crippen LogP contribution is 2.36. The summed E-state index contributed by atoms with van der Waals surface area (Å²) >= 11 is 0. The minimum atomic E-state index is -3.77. The lowest BCUT2D eigenvalue weighted by molar-refractivity contribution is 0.0929. The molecule has 0 spiro atoms. The van der Waals surface area contributed by atoms with E-state index >= 15 is 0 Å². The summed E-state index contributed by atoms with van der Waals surface area (Å²) in [5.41, 5.74) is 1.98. The van der Waals surface area contributed by atoms with Crippen LogP contribution in [0.15, 0.2) is 53.4 Å². The molecule has 3 rings (SSSR count). The number of hydrogen-bond donors (Lipinski definition) is 1. The smallest absolute Gasteiger partial charge is 0.264 e. The first-order valence-electron chi connectivity index (χ1n) is 10.2. The largest absolute Gasteiger partial charge is 0.351 e. The van der Waals surface area contributed by atoms with Crippen LogP contribution >= 0.6 is 0 Å². The molecule has 0 bridgehead atoms. The summed E-state index contributed by atoms with van der Waals surface area (Å²) in [4.78, 5) is 14.9. The molecule has 6 nitrogen and oxygen atoms in total. The first-order valence-corrected chi connectivity index (χ1v) is 11.6. The zero-order chi connectivity index (χ0) is 22.1. The van der Waals surface area contributed by atoms with E-state index in [9.17, 15) is 13.2 Å². The number of para-hydroxylation sites is 1. The lowest BCUT2D eigenvalue weighted by Gasteiger charge is -2.28. The molecule has 0 saturated heterocycles. The molecule has 1 aliphatic heterocycles. The monoisotopic (exact) mass is 429 g/mol. The Balaban J connectivity index is 1.82. The molecule has 1 aliphatic rings. The van der Waals surface area contributed by atoms with E-state index in [2.05, 4.69) is 24.1 Å². The molecule has 0 radical (unpaired) electrons. The van der Waals surface area contributed by atoms with E-state index < -0.39 is 10.0 Å². The Labute approximate surface area is 179 Å². The summed E-state index contributed by atoms with van der Waals surface area (Å²) in [6.45, 7) is 7.40. The van der Waals surface area contributed by atoms with Gasteiger partial charge in [0.1, 0.15) is 0 Å². The van der Waals surface area contributed by atoms with Gasteiger partial charge in [-0.05, 0) is 62.7 Å². The summed E-state index contributed by atoms with van der Waals surface area (Å²) in [6, 6.07) is 13.7. The Hall–Kier alpha value is -2.38. The number of nitrogens with zero attached hydrogens (tertiary/aromatic N) is 2. The number of sulfonamides is 1. The maximum atomic E-state index is 13.4. The SMILES string of the molecule is CC1Cc2ccccc2N1S(=O)(=O)c1cccc(C(=O)NCC(C)(C)CN(C)C)c1. The molecule has 7 heteroatoms. The molecular weight excluding hydrogens is 398 g/mol. The van der Waals surface area contributed by atoms with E-state index in [0.717, 1.165) is 12.1 Å². The Morgan fingerprint density at radius 3 is 2.57 bits per heavy atom. The molecule has 1 amide bonds. The van der Waals surface area contributed by atoms with E-state index in [1.54, 1.807) is 18.2 Å². The Morgan fingerprint density at radius 1 is 1.17 bits per heavy atom. The predicted octanol–water partition coefficient (Wildman–Crippen LogP) is 3.14. The molecule has 1 atom stereocenters. The number of anilines is 1. The van der Waals surface area contributed by atoms with Crippen LogP contribution < -0.4 is 9.62 Å². The van der Waals surface area contributed by atoms with Crippen LogP contribution in [0.4, 0.5) is 5.69 Å². The Kier molecular flexibility index (Phi) is 6.24. The number of benzene rings is 2. The van der Waals surface area contributed by atoms with Gasteiger partial charge in [0, 0.05) is 24.7 Å². The van der Waals surface area contributed by atoms with Gasteiger partial charge in [-0.2, -0.15) is 0 Å². The molecular formula is C23H31N3O3S. The molecule has 0 saturated carbocycles. The number of amides is 1. The van der Waals surface area contributed by atoms with Crippen molar-refractivity contribution in [2.75, 3.05) is 31.5 Å². The predicted molar refractivity (Wildman–Crippen MR) is 120 cm³/mol. The van der Waals surface area contributed by atoms with E-state index in [1.165, 1.54) is 10.4 Å². The summed E-state index contributed by atoms with van der Waals surface area (Å²) in [5, 5.41) is 2.94. The maximum absolute atomic E-state index is 13.4. The fourth-order valence-electron chi connectivity index (χ4n) is 4.15. The van der Waals surface area contributed by atoms with Gasteiger partial charge in [0.05, 0.1) is 10.6 Å². The molecule has 30 heavy (non-hydrogen) atoms. The fourth-order valence-corrected chi connectivity index (χ4v) is 5.89. The second kappa shape index (κ2) is 8.40. The van der Waals surface area contributed by atoms with Crippen LogP contribution in [0.2, 0.25) is 0 Å². The second-order valence-corrected chi connectivity index (χ2v) is 10.9. The zero-order valence-corrected chi connectivity index (χ0v) is 19.2. The maximum Gasteiger partial charge on any atom is 0.264 e. The molecule has 2 aromatic rings. The average Bonchev–Trinajstić information content (AvgIpc) is 3.01. The van der Waals surface area contributed by atoms with Crippen molar-refractivity contribution in [1.82, 2.24) is 10.2 Å². The quantitative estimate of drug-likeness (QED) is 0.734. The summed E-state index contributed by atoms with van der Waals surface area (Å²) in [5.74, 6) is -0.270. The topological polar surface area (TPSA) is 69.7 Å². The van der Waals surface area contributed by atoms with Crippen molar-refractivity contribution in [2.24, 2.45) is 5.41 Å². The Bertz CT molecular complexity index is 1030. The van der Waals surface area contributed by atoms with Gasteiger partial charge in [-0.1, -0.05) is 38.1 Å². The number of fused-ring (bicyclic) bond motifs is 1. The third-order valence-corrected chi connectivity index (χ3v) is 7.19. The minimum absolute atomic E-state index is 0.0997. The highest BCUT2D eigenvalue weighted by Gasteiger charge is 2.36. The number of carbonyl (C=O) groups is 1. The molecule has 0 aliphatic carbocycles. The van der Waals surface area contributed by atoms with E-state index in [1.807, 2.05) is 45.3 Å². The molecule has 0 aromatic heterocycles. The van der Waals surface area contributed by atoms with Crippen molar-refractivity contribution in [3.05, 3.63) is 59.7 Å². The number of rotatable bonds is 7. The van der Waals surface area contributed by atoms with E-state index in [4.69, 9.17) is 0 Å². The Morgan fingerprint density at radius 2 is 1.87 bits per heavy atom. The standard InChI is InChI=1S/C23H31N3O3S/c1-17-13-18-9-6-7-12-21(18)26(17)30(28,29)20-11-8-10-19(14-20)22(27)24-15-23(2,3)16-25(4)5/h6-12,14,17H,13,15-16H2,1-5H3,(H,24,27). The molecule has 0 fully saturated rings. The lowest BCUT2D eigenvalue weighted by atomic mass is 9.93. The van der Waals surface area contributed by atoms with Crippen LogP contribution in [-0.2, 0) is 16.4 Å². The van der Waals surface area contributed by atoms with Crippen LogP contribution in [0.3, 0.4) is 0 Å². The summed E-state index contributed by atoms with van der Waals surface area (Å²) in [6.07, 6.45) is 0.677. The van der Waals surface area contributed by atoms with Gasteiger partial charge in [0.2, 0.25) is 0 Å². The van der Waals surface area contributed by atoms with Gasteiger partial charge in [0.15, 0.2) is 0 Å². The number of hydrogen-bond acceptors (Lipinski definition) is 4. The van der Waals surface area contributed by atoms with Gasteiger partial charge in [-0.3, -0.25) is 9.10 Å². The molecule has 162 valence electrons. The van der Waals surface area contributed by atoms with Crippen molar-refractivity contribution in [2.45, 2.75) is 38.1 Å². The van der Waals surface area contributed by atoms with Gasteiger partial charge >= 0.3 is 0 Å². The van der Waals surface area contributed by atoms with Crippen molar-refractivity contribution < 1.29 is 13.2 Å². The minimum Gasteiger partial charge on any atom is -0.351 e. The van der Waals surface area contributed by atoms with Crippen LogP contribution in [0.5, 0.6) is 0 Å². The van der Waals surface area contributed by atoms with Crippen molar-refractivity contribution in [1.29, 1.82) is 0 Å². The van der Waals surface area contributed by atoms with Crippen molar-refractivity contribution in [3.63, 3.8) is 0 Å². The van der Waals surface area contributed by atoms with Gasteiger partial charge in [0.25, 0.3) is 15.9 Å². The third kappa shape index (κ3) is 4.68. The highest BCUT2D eigenvalue weighted by molar-refractivity contribution is 7.92. The molecule has 1 heterocycles.